The third-order valence-electron chi connectivity index (χ3n) is 6.92. The number of benzene rings is 1. The molecule has 3 aliphatic rings. The van der Waals surface area contributed by atoms with Crippen molar-refractivity contribution in [1.82, 2.24) is 9.88 Å². The van der Waals surface area contributed by atoms with E-state index in [0.717, 1.165) is 31.1 Å². The van der Waals surface area contributed by atoms with Gasteiger partial charge < -0.3 is 10.2 Å². The molecular formula is C24H25F2N3O4S. The predicted molar refractivity (Wildman–Crippen MR) is 121 cm³/mol. The molecule has 10 heteroatoms. The number of nitrogens with one attached hydrogen (secondary N) is 1. The van der Waals surface area contributed by atoms with E-state index in [1.54, 1.807) is 19.2 Å². The normalized spacial score (nSPS) is 21.2. The Hall–Kier alpha value is -2.88. The zero-order valence-corrected chi connectivity index (χ0v) is 19.7. The van der Waals surface area contributed by atoms with E-state index in [0.29, 0.717) is 23.0 Å². The zero-order chi connectivity index (χ0) is 24.4. The molecule has 0 spiro atoms. The molecule has 1 aromatic carbocycles. The van der Waals surface area contributed by atoms with Gasteiger partial charge in [-0.3, -0.25) is 14.6 Å². The van der Waals surface area contributed by atoms with E-state index in [2.05, 4.69) is 10.3 Å². The summed E-state index contributed by atoms with van der Waals surface area (Å²) in [5.74, 6) is -4.80. The van der Waals surface area contributed by atoms with Crippen LogP contribution in [0.4, 0.5) is 20.2 Å². The van der Waals surface area contributed by atoms with Crippen LogP contribution in [-0.4, -0.2) is 49.2 Å². The van der Waals surface area contributed by atoms with E-state index in [1.807, 2.05) is 6.07 Å². The molecule has 34 heavy (non-hydrogen) atoms. The second kappa shape index (κ2) is 7.83. The number of amides is 1. The number of Topliss-reactive ketones (excluding diaryl/α,β-unsaturated/α-hetero) is 1. The van der Waals surface area contributed by atoms with Gasteiger partial charge in [0.15, 0.2) is 9.84 Å². The lowest BCUT2D eigenvalue weighted by Crippen LogP contribution is -2.18. The van der Waals surface area contributed by atoms with Gasteiger partial charge in [0, 0.05) is 26.1 Å². The zero-order valence-electron chi connectivity index (χ0n) is 18.9. The number of nitrogens with zero attached hydrogens (tertiary/aromatic N) is 2. The van der Waals surface area contributed by atoms with Gasteiger partial charge in [-0.05, 0) is 42.5 Å². The number of anilines is 2. The summed E-state index contributed by atoms with van der Waals surface area (Å²) < 4.78 is 51.9. The molecule has 1 unspecified atom stereocenters. The second-order valence-electron chi connectivity index (χ2n) is 9.59. The summed E-state index contributed by atoms with van der Waals surface area (Å²) >= 11 is 0. The second-order valence-corrected chi connectivity index (χ2v) is 11.6. The maximum Gasteiger partial charge on any atom is 0.258 e. The third-order valence-corrected chi connectivity index (χ3v) is 8.05. The summed E-state index contributed by atoms with van der Waals surface area (Å²) in [6, 6.07) is 6.74. The molecule has 0 bridgehead atoms. The Kier molecular flexibility index (Phi) is 5.27. The highest BCUT2D eigenvalue weighted by Gasteiger charge is 2.60. The lowest BCUT2D eigenvalue weighted by molar-refractivity contribution is -0.121. The number of alkyl halides is 2. The lowest BCUT2D eigenvalue weighted by Gasteiger charge is -2.26. The van der Waals surface area contributed by atoms with Gasteiger partial charge >= 0.3 is 0 Å². The first kappa shape index (κ1) is 22.9. The van der Waals surface area contributed by atoms with Crippen molar-refractivity contribution in [2.45, 2.75) is 55.4 Å². The van der Waals surface area contributed by atoms with Crippen molar-refractivity contribution in [3.63, 3.8) is 0 Å². The van der Waals surface area contributed by atoms with Crippen molar-refractivity contribution < 1.29 is 26.8 Å². The van der Waals surface area contributed by atoms with Gasteiger partial charge in [0.1, 0.15) is 5.78 Å². The van der Waals surface area contributed by atoms with Crippen LogP contribution in [0.1, 0.15) is 58.9 Å². The number of hydrogen-bond acceptors (Lipinski definition) is 6. The van der Waals surface area contributed by atoms with Crippen LogP contribution in [0.25, 0.3) is 0 Å². The smallest absolute Gasteiger partial charge is 0.258 e. The highest BCUT2D eigenvalue weighted by Crippen LogP contribution is 2.49. The summed E-state index contributed by atoms with van der Waals surface area (Å²) in [7, 11) is -1.98. The van der Waals surface area contributed by atoms with Crippen molar-refractivity contribution in [2.75, 3.05) is 18.6 Å². The van der Waals surface area contributed by atoms with E-state index >= 15 is 0 Å². The van der Waals surface area contributed by atoms with Gasteiger partial charge in [-0.2, -0.15) is 0 Å². The molecule has 2 aromatic rings. The average Bonchev–Trinajstić information content (AvgIpc) is 3.24. The Morgan fingerprint density at radius 1 is 1.24 bits per heavy atom. The summed E-state index contributed by atoms with van der Waals surface area (Å²) in [5.41, 5.74) is 2.57. The fraction of sp³-hybridized carbons (Fsp3) is 0.458. The predicted octanol–water partition coefficient (Wildman–Crippen LogP) is 3.85. The minimum Gasteiger partial charge on any atom is -0.354 e. The number of carbonyl (C=O) groups excluding carboxylic acids is 2. The number of hydrogen-bond donors (Lipinski definition) is 1. The number of fused-ring (bicyclic) bond motifs is 1. The largest absolute Gasteiger partial charge is 0.354 e. The summed E-state index contributed by atoms with van der Waals surface area (Å²) in [6.07, 6.45) is 3.56. The number of rotatable bonds is 7. The first-order valence-electron chi connectivity index (χ1n) is 11.2. The molecule has 0 radical (unpaired) electrons. The summed E-state index contributed by atoms with van der Waals surface area (Å²) in [4.78, 5) is 31.1. The average molecular weight is 490 g/mol. The molecule has 0 saturated heterocycles. The maximum atomic E-state index is 13.4. The standard InChI is InChI=1S/C24H25F2N3O4S/c1-29-12-19-22(23(29)31)18(9-15(27-19)10-20(30)16-11-24(16,25)26)28-17-7-6-14(13-4-3-5-13)8-21(17)34(2,32)33/h6-9,13,16H,3-5,10-12H2,1-2H3,(H,27,28). The third kappa shape index (κ3) is 4.08. The van der Waals surface area contributed by atoms with E-state index in [1.165, 1.54) is 11.0 Å². The Morgan fingerprint density at radius 3 is 2.53 bits per heavy atom. The molecule has 2 fully saturated rings. The van der Waals surface area contributed by atoms with Crippen LogP contribution in [0.2, 0.25) is 0 Å². The fourth-order valence-corrected chi connectivity index (χ4v) is 5.51. The Balaban J connectivity index is 1.52. The number of sulfone groups is 1. The molecule has 1 aromatic heterocycles. The van der Waals surface area contributed by atoms with Gasteiger partial charge in [-0.15, -0.1) is 0 Å². The van der Waals surface area contributed by atoms with Gasteiger partial charge in [-0.1, -0.05) is 12.5 Å². The molecule has 1 N–H and O–H groups in total. The topological polar surface area (TPSA) is 96.4 Å². The van der Waals surface area contributed by atoms with E-state index in [-0.39, 0.29) is 35.0 Å². The SMILES string of the molecule is CN1Cc2nc(CC(=O)C3CC3(F)F)cc(Nc3ccc(C4CCC4)cc3S(C)(=O)=O)c2C1=O. The molecule has 1 amide bonds. The van der Waals surface area contributed by atoms with Crippen LogP contribution in [0.5, 0.6) is 0 Å². The highest BCUT2D eigenvalue weighted by molar-refractivity contribution is 7.90. The molecule has 1 aliphatic heterocycles. The van der Waals surface area contributed by atoms with Crippen molar-refractivity contribution in [3.8, 4) is 0 Å². The van der Waals surface area contributed by atoms with Crippen LogP contribution in [0, 0.1) is 5.92 Å². The number of ketones is 1. The first-order valence-corrected chi connectivity index (χ1v) is 13.1. The summed E-state index contributed by atoms with van der Waals surface area (Å²) in [5, 5.41) is 3.08. The van der Waals surface area contributed by atoms with Crippen molar-refractivity contribution in [2.24, 2.45) is 5.92 Å². The van der Waals surface area contributed by atoms with Crippen LogP contribution in [0.15, 0.2) is 29.2 Å². The van der Waals surface area contributed by atoms with Crippen molar-refractivity contribution >= 4 is 32.9 Å². The van der Waals surface area contributed by atoms with Gasteiger partial charge in [0.25, 0.3) is 11.8 Å². The molecular weight excluding hydrogens is 464 g/mol. The van der Waals surface area contributed by atoms with Gasteiger partial charge in [-0.25, -0.2) is 17.2 Å². The number of aromatic nitrogens is 1. The van der Waals surface area contributed by atoms with E-state index < -0.39 is 33.9 Å². The molecule has 7 nitrogen and oxygen atoms in total. The van der Waals surface area contributed by atoms with Crippen LogP contribution < -0.4 is 5.32 Å². The number of carbonyl (C=O) groups is 2. The fourth-order valence-electron chi connectivity index (χ4n) is 4.64. The highest BCUT2D eigenvalue weighted by atomic mass is 32.2. The monoisotopic (exact) mass is 489 g/mol. The minimum atomic E-state index is -3.59. The maximum absolute atomic E-state index is 13.4. The summed E-state index contributed by atoms with van der Waals surface area (Å²) in [6.45, 7) is 0.212. The number of halogens is 2. The molecule has 180 valence electrons. The van der Waals surface area contributed by atoms with Crippen molar-refractivity contribution in [3.05, 3.63) is 46.8 Å². The van der Waals surface area contributed by atoms with Crippen molar-refractivity contribution in [1.29, 1.82) is 0 Å². The van der Waals surface area contributed by atoms with Crippen LogP contribution in [-0.2, 0) is 27.6 Å². The molecule has 2 aliphatic carbocycles. The van der Waals surface area contributed by atoms with Crippen LogP contribution >= 0.6 is 0 Å². The molecule has 5 rings (SSSR count). The van der Waals surface area contributed by atoms with E-state index in [4.69, 9.17) is 0 Å². The van der Waals surface area contributed by atoms with Crippen LogP contribution in [0.3, 0.4) is 0 Å². The quantitative estimate of drug-likeness (QED) is 0.635. The Labute approximate surface area is 196 Å². The number of pyridine rings is 1. The van der Waals surface area contributed by atoms with E-state index in [9.17, 15) is 26.8 Å². The minimum absolute atomic E-state index is 0.122. The molecule has 2 saturated carbocycles. The Bertz CT molecular complexity index is 1320. The molecule has 1 atom stereocenters. The lowest BCUT2D eigenvalue weighted by atomic mass is 9.80. The molecule has 2 heterocycles. The first-order chi connectivity index (χ1) is 15.9. The van der Waals surface area contributed by atoms with Gasteiger partial charge in [0.05, 0.1) is 45.7 Å². The Morgan fingerprint density at radius 2 is 1.94 bits per heavy atom. The van der Waals surface area contributed by atoms with Gasteiger partial charge in [0.2, 0.25) is 0 Å².